The Morgan fingerprint density at radius 3 is 2.50 bits per heavy atom. The molecule has 0 bridgehead atoms. The Kier molecular flexibility index (Phi) is 4.90. The van der Waals surface area contributed by atoms with E-state index in [0.29, 0.717) is 24.9 Å². The summed E-state index contributed by atoms with van der Waals surface area (Å²) in [5, 5.41) is 3.03. The van der Waals surface area contributed by atoms with E-state index >= 15 is 0 Å². The van der Waals surface area contributed by atoms with Gasteiger partial charge in [0.05, 0.1) is 6.42 Å². The molecule has 3 fully saturated rings. The van der Waals surface area contributed by atoms with Gasteiger partial charge in [0.25, 0.3) is 11.1 Å². The summed E-state index contributed by atoms with van der Waals surface area (Å²) in [6.07, 6.45) is 4.94. The average molecular weight is 326 g/mol. The SMILES string of the molecule is O=C(COC(=O)CCN1CCSC1=O)NC(C1CC1)C1CC1. The first-order valence-electron chi connectivity index (χ1n) is 8.00. The summed E-state index contributed by atoms with van der Waals surface area (Å²) >= 11 is 1.27. The summed E-state index contributed by atoms with van der Waals surface area (Å²) in [4.78, 5) is 36.5. The molecule has 0 spiro atoms. The lowest BCUT2D eigenvalue weighted by atomic mass is 10.1. The molecule has 7 heteroatoms. The number of ether oxygens (including phenoxy) is 1. The van der Waals surface area contributed by atoms with E-state index in [1.165, 1.54) is 37.4 Å². The van der Waals surface area contributed by atoms with E-state index in [2.05, 4.69) is 5.32 Å². The van der Waals surface area contributed by atoms with Crippen LogP contribution in [0.15, 0.2) is 0 Å². The molecule has 1 aliphatic heterocycles. The molecule has 0 radical (unpaired) electrons. The van der Waals surface area contributed by atoms with Crippen molar-refractivity contribution in [2.75, 3.05) is 25.4 Å². The highest BCUT2D eigenvalue weighted by Crippen LogP contribution is 2.44. The minimum Gasteiger partial charge on any atom is -0.456 e. The molecule has 3 rings (SSSR count). The van der Waals surface area contributed by atoms with Gasteiger partial charge in [0, 0.05) is 24.9 Å². The average Bonchev–Trinajstić information content (AvgIpc) is 3.40. The van der Waals surface area contributed by atoms with Crippen LogP contribution < -0.4 is 5.32 Å². The van der Waals surface area contributed by atoms with Crippen molar-refractivity contribution in [3.8, 4) is 0 Å². The van der Waals surface area contributed by atoms with E-state index in [1.54, 1.807) is 4.90 Å². The van der Waals surface area contributed by atoms with Crippen LogP contribution in [0.25, 0.3) is 0 Å². The maximum Gasteiger partial charge on any atom is 0.308 e. The Balaban J connectivity index is 1.31. The van der Waals surface area contributed by atoms with Crippen LogP contribution in [-0.2, 0) is 14.3 Å². The fraction of sp³-hybridized carbons (Fsp3) is 0.800. The first-order chi connectivity index (χ1) is 10.6. The minimum atomic E-state index is -0.422. The second-order valence-corrected chi connectivity index (χ2v) is 7.33. The van der Waals surface area contributed by atoms with Gasteiger partial charge in [-0.05, 0) is 37.5 Å². The van der Waals surface area contributed by atoms with E-state index in [9.17, 15) is 14.4 Å². The third kappa shape index (κ3) is 4.38. The number of rotatable bonds is 8. The molecule has 0 unspecified atom stereocenters. The van der Waals surface area contributed by atoms with Gasteiger partial charge in [-0.2, -0.15) is 0 Å². The standard InChI is InChI=1S/C15H22N2O4S/c18-12(16-14(10-1-2-10)11-3-4-11)9-21-13(19)5-6-17-7-8-22-15(17)20/h10-11,14H,1-9H2,(H,16,18). The third-order valence-electron chi connectivity index (χ3n) is 4.38. The number of carbonyl (C=O) groups is 3. The number of esters is 1. The van der Waals surface area contributed by atoms with E-state index in [-0.39, 0.29) is 30.2 Å². The second kappa shape index (κ2) is 6.89. The highest BCUT2D eigenvalue weighted by molar-refractivity contribution is 8.13. The minimum absolute atomic E-state index is 0.0160. The lowest BCUT2D eigenvalue weighted by Gasteiger charge is -2.17. The normalized spacial score (nSPS) is 21.3. The predicted octanol–water partition coefficient (Wildman–Crippen LogP) is 1.39. The van der Waals surface area contributed by atoms with Crippen LogP contribution in [0.2, 0.25) is 0 Å². The van der Waals surface area contributed by atoms with Crippen LogP contribution in [0.1, 0.15) is 32.1 Å². The number of nitrogens with zero attached hydrogens (tertiary/aromatic N) is 1. The van der Waals surface area contributed by atoms with Crippen molar-refractivity contribution in [3.05, 3.63) is 0 Å². The molecule has 122 valence electrons. The van der Waals surface area contributed by atoms with E-state index in [0.717, 1.165) is 5.75 Å². The molecule has 2 saturated carbocycles. The van der Waals surface area contributed by atoms with Gasteiger partial charge in [0.2, 0.25) is 0 Å². The zero-order valence-electron chi connectivity index (χ0n) is 12.6. The van der Waals surface area contributed by atoms with Gasteiger partial charge in [-0.25, -0.2) is 0 Å². The molecule has 6 nitrogen and oxygen atoms in total. The monoisotopic (exact) mass is 326 g/mol. The largest absolute Gasteiger partial charge is 0.456 e. The summed E-state index contributed by atoms with van der Waals surface area (Å²) in [6.45, 7) is 0.845. The Bertz CT molecular complexity index is 450. The number of nitrogens with one attached hydrogen (secondary N) is 1. The molecule has 1 heterocycles. The van der Waals surface area contributed by atoms with E-state index in [1.807, 2.05) is 0 Å². The van der Waals surface area contributed by atoms with Gasteiger partial charge in [-0.3, -0.25) is 14.4 Å². The molecule has 22 heavy (non-hydrogen) atoms. The molecule has 1 N–H and O–H groups in total. The summed E-state index contributed by atoms with van der Waals surface area (Å²) in [7, 11) is 0. The topological polar surface area (TPSA) is 75.7 Å². The molecular weight excluding hydrogens is 304 g/mol. The fourth-order valence-corrected chi connectivity index (χ4v) is 3.68. The molecule has 2 aliphatic carbocycles. The van der Waals surface area contributed by atoms with Crippen LogP contribution in [0.4, 0.5) is 4.79 Å². The highest BCUT2D eigenvalue weighted by atomic mass is 32.2. The Hall–Kier alpha value is -1.24. The van der Waals surface area contributed by atoms with Crippen LogP contribution in [0.3, 0.4) is 0 Å². The summed E-state index contributed by atoms with van der Waals surface area (Å²) in [6, 6.07) is 0.283. The van der Waals surface area contributed by atoms with Gasteiger partial charge >= 0.3 is 5.97 Å². The maximum atomic E-state index is 11.9. The smallest absolute Gasteiger partial charge is 0.308 e. The summed E-state index contributed by atoms with van der Waals surface area (Å²) in [5.74, 6) is 1.41. The fourth-order valence-electron chi connectivity index (χ4n) is 2.83. The van der Waals surface area contributed by atoms with Crippen molar-refractivity contribution in [3.63, 3.8) is 0 Å². The van der Waals surface area contributed by atoms with Crippen LogP contribution >= 0.6 is 11.8 Å². The molecule has 0 aromatic heterocycles. The van der Waals surface area contributed by atoms with Gasteiger partial charge in [-0.1, -0.05) is 11.8 Å². The number of hydrogen-bond donors (Lipinski definition) is 1. The summed E-state index contributed by atoms with van der Waals surface area (Å²) < 4.78 is 5.00. The maximum absolute atomic E-state index is 11.9. The Labute approximate surface area is 134 Å². The Morgan fingerprint density at radius 2 is 1.95 bits per heavy atom. The molecular formula is C15H22N2O4S. The zero-order chi connectivity index (χ0) is 15.5. The summed E-state index contributed by atoms with van der Waals surface area (Å²) in [5.41, 5.74) is 0. The van der Waals surface area contributed by atoms with Gasteiger partial charge in [-0.15, -0.1) is 0 Å². The van der Waals surface area contributed by atoms with Crippen LogP contribution in [0.5, 0.6) is 0 Å². The van der Waals surface area contributed by atoms with Crippen molar-refractivity contribution in [1.82, 2.24) is 10.2 Å². The lowest BCUT2D eigenvalue weighted by Crippen LogP contribution is -2.40. The van der Waals surface area contributed by atoms with E-state index < -0.39 is 5.97 Å². The molecule has 0 aromatic rings. The van der Waals surface area contributed by atoms with Crippen molar-refractivity contribution in [2.24, 2.45) is 11.8 Å². The molecule has 3 aliphatic rings. The third-order valence-corrected chi connectivity index (χ3v) is 5.27. The number of carbonyl (C=O) groups excluding carboxylic acids is 3. The zero-order valence-corrected chi connectivity index (χ0v) is 13.4. The number of thioether (sulfide) groups is 1. The van der Waals surface area contributed by atoms with Gasteiger partial charge in [0.15, 0.2) is 6.61 Å². The van der Waals surface area contributed by atoms with Gasteiger partial charge in [0.1, 0.15) is 0 Å². The predicted molar refractivity (Wildman–Crippen MR) is 82.4 cm³/mol. The quantitative estimate of drug-likeness (QED) is 0.682. The molecule has 2 amide bonds. The van der Waals surface area contributed by atoms with Crippen LogP contribution in [-0.4, -0.2) is 53.5 Å². The van der Waals surface area contributed by atoms with Crippen LogP contribution in [0, 0.1) is 11.8 Å². The van der Waals surface area contributed by atoms with Crippen molar-refractivity contribution < 1.29 is 19.1 Å². The molecule has 0 aromatic carbocycles. The lowest BCUT2D eigenvalue weighted by molar-refractivity contribution is -0.149. The van der Waals surface area contributed by atoms with Crippen molar-refractivity contribution in [2.45, 2.75) is 38.1 Å². The highest BCUT2D eigenvalue weighted by Gasteiger charge is 2.42. The first-order valence-corrected chi connectivity index (χ1v) is 8.99. The second-order valence-electron chi connectivity index (χ2n) is 6.28. The molecule has 0 atom stereocenters. The number of amides is 2. The molecule has 1 saturated heterocycles. The first kappa shape index (κ1) is 15.6. The number of hydrogen-bond acceptors (Lipinski definition) is 5. The van der Waals surface area contributed by atoms with Crippen molar-refractivity contribution in [1.29, 1.82) is 0 Å². The Morgan fingerprint density at radius 1 is 1.27 bits per heavy atom. The van der Waals surface area contributed by atoms with E-state index in [4.69, 9.17) is 4.74 Å². The van der Waals surface area contributed by atoms with Crippen molar-refractivity contribution >= 4 is 28.9 Å². The van der Waals surface area contributed by atoms with Gasteiger partial charge < -0.3 is 15.0 Å².